The van der Waals surface area contributed by atoms with Crippen LogP contribution in [0.3, 0.4) is 0 Å². The van der Waals surface area contributed by atoms with Crippen molar-refractivity contribution in [3.63, 3.8) is 0 Å². The van der Waals surface area contributed by atoms with Gasteiger partial charge in [-0.2, -0.15) is 0 Å². The Kier molecular flexibility index (Phi) is 6.19. The minimum atomic E-state index is -0.597. The number of nitrogens with zero attached hydrogens (tertiary/aromatic N) is 1. The minimum Gasteiger partial charge on any atom is -0.497 e. The fourth-order valence-electron chi connectivity index (χ4n) is 1.86. The molecule has 0 aliphatic carbocycles. The van der Waals surface area contributed by atoms with E-state index < -0.39 is 11.6 Å². The van der Waals surface area contributed by atoms with E-state index in [-0.39, 0.29) is 29.6 Å². The number of H-pyrrole nitrogens is 1. The third kappa shape index (κ3) is 4.48. The highest BCUT2D eigenvalue weighted by atomic mass is 32.2. The topological polar surface area (TPSA) is 102 Å². The standard InChI is InChI=1S/C15H16N2O6S/c1-3-22-13(19)8-11(18)9-24-14-15(20)23-16-17(14)10-4-6-12(21-2)7-5-10/h4-7H,3,8-9H2,1-2H3/p+1. The molecule has 1 N–H and O–H groups in total. The maximum absolute atomic E-state index is 11.8. The van der Waals surface area contributed by atoms with Gasteiger partial charge in [0, 0.05) is 12.1 Å². The van der Waals surface area contributed by atoms with E-state index in [2.05, 4.69) is 5.27 Å². The van der Waals surface area contributed by atoms with Gasteiger partial charge in [0.1, 0.15) is 12.2 Å². The Hall–Kier alpha value is -2.55. The molecule has 0 saturated carbocycles. The summed E-state index contributed by atoms with van der Waals surface area (Å²) in [5.74, 6) is -0.283. The number of ketones is 1. The normalized spacial score (nSPS) is 10.4. The van der Waals surface area contributed by atoms with Crippen LogP contribution in [0.2, 0.25) is 0 Å². The summed E-state index contributed by atoms with van der Waals surface area (Å²) in [4.78, 5) is 34.9. The lowest BCUT2D eigenvalue weighted by molar-refractivity contribution is -0.704. The molecule has 1 heterocycles. The summed E-state index contributed by atoms with van der Waals surface area (Å²) < 4.78 is 16.0. The number of hydrogen-bond acceptors (Lipinski definition) is 7. The third-order valence-corrected chi connectivity index (χ3v) is 4.04. The van der Waals surface area contributed by atoms with E-state index in [1.807, 2.05) is 0 Å². The van der Waals surface area contributed by atoms with Crippen LogP contribution < -0.4 is 15.0 Å². The van der Waals surface area contributed by atoms with Crippen LogP contribution >= 0.6 is 11.8 Å². The molecule has 9 heteroatoms. The number of esters is 1. The van der Waals surface area contributed by atoms with Gasteiger partial charge in [0.05, 0.1) is 19.5 Å². The molecule has 128 valence electrons. The Labute approximate surface area is 141 Å². The maximum atomic E-state index is 11.8. The first kappa shape index (κ1) is 17.8. The van der Waals surface area contributed by atoms with Crippen LogP contribution in [0.4, 0.5) is 0 Å². The highest BCUT2D eigenvalue weighted by molar-refractivity contribution is 7.99. The largest absolute Gasteiger partial charge is 0.497 e. The first-order chi connectivity index (χ1) is 11.5. The summed E-state index contributed by atoms with van der Waals surface area (Å²) in [5, 5.41) is 2.68. The Morgan fingerprint density at radius 1 is 1.29 bits per heavy atom. The van der Waals surface area contributed by atoms with Gasteiger partial charge >= 0.3 is 16.6 Å². The van der Waals surface area contributed by atoms with E-state index in [1.54, 1.807) is 38.3 Å². The van der Waals surface area contributed by atoms with Crippen molar-refractivity contribution < 1.29 is 28.3 Å². The van der Waals surface area contributed by atoms with Crippen LogP contribution in [0.1, 0.15) is 13.3 Å². The van der Waals surface area contributed by atoms with Crippen LogP contribution in [0.15, 0.2) is 38.6 Å². The Morgan fingerprint density at radius 2 is 2.00 bits per heavy atom. The van der Waals surface area contributed by atoms with Gasteiger partial charge in [-0.15, -0.1) is 0 Å². The molecule has 2 aromatic rings. The van der Waals surface area contributed by atoms with Crippen molar-refractivity contribution in [2.75, 3.05) is 19.5 Å². The zero-order chi connectivity index (χ0) is 17.5. The fraction of sp³-hybridized carbons (Fsp3) is 0.333. The Balaban J connectivity index is 2.08. The second-order valence-electron chi connectivity index (χ2n) is 4.63. The molecule has 1 aromatic heterocycles. The Morgan fingerprint density at radius 3 is 2.62 bits per heavy atom. The molecule has 0 saturated heterocycles. The molecule has 0 atom stereocenters. The summed E-state index contributed by atoms with van der Waals surface area (Å²) in [6.45, 7) is 1.89. The summed E-state index contributed by atoms with van der Waals surface area (Å²) in [6, 6.07) is 6.92. The molecule has 0 aliphatic heterocycles. The van der Waals surface area contributed by atoms with E-state index in [0.29, 0.717) is 11.4 Å². The number of methoxy groups -OCH3 is 1. The number of carbonyl (C=O) groups is 2. The van der Waals surface area contributed by atoms with Gasteiger partial charge in [-0.05, 0) is 40.8 Å². The quantitative estimate of drug-likeness (QED) is 0.325. The molecular weight excluding hydrogens is 336 g/mol. The highest BCUT2D eigenvalue weighted by Crippen LogP contribution is 2.15. The van der Waals surface area contributed by atoms with Gasteiger partial charge in [-0.3, -0.25) is 14.1 Å². The van der Waals surface area contributed by atoms with Crippen molar-refractivity contribution in [3.8, 4) is 11.4 Å². The van der Waals surface area contributed by atoms with Gasteiger partial charge in [0.2, 0.25) is 5.69 Å². The van der Waals surface area contributed by atoms with Crippen molar-refractivity contribution >= 4 is 23.5 Å². The lowest BCUT2D eigenvalue weighted by atomic mass is 10.3. The van der Waals surface area contributed by atoms with Gasteiger partial charge in [0.15, 0.2) is 5.78 Å². The molecular formula is C15H17N2O6S+. The van der Waals surface area contributed by atoms with Gasteiger partial charge in [-0.25, -0.2) is 4.79 Å². The molecule has 0 unspecified atom stereocenters. The number of aromatic amines is 1. The monoisotopic (exact) mass is 353 g/mol. The molecule has 8 nitrogen and oxygen atoms in total. The molecule has 0 fully saturated rings. The smallest absolute Gasteiger partial charge is 0.442 e. The van der Waals surface area contributed by atoms with Crippen molar-refractivity contribution in [2.45, 2.75) is 18.4 Å². The van der Waals surface area contributed by atoms with E-state index in [1.165, 1.54) is 4.68 Å². The first-order valence-electron chi connectivity index (χ1n) is 7.13. The second kappa shape index (κ2) is 8.34. The average molecular weight is 353 g/mol. The lowest BCUT2D eigenvalue weighted by Crippen LogP contribution is -2.36. The average Bonchev–Trinajstić information content (AvgIpc) is 2.94. The number of Topliss-reactive ketones (excluding diaryl/α,β-unsaturated/α-hetero) is 1. The van der Waals surface area contributed by atoms with Gasteiger partial charge in [-0.1, -0.05) is 0 Å². The fourth-order valence-corrected chi connectivity index (χ4v) is 2.69. The highest BCUT2D eigenvalue weighted by Gasteiger charge is 2.25. The van der Waals surface area contributed by atoms with E-state index in [9.17, 15) is 14.4 Å². The van der Waals surface area contributed by atoms with Crippen molar-refractivity contribution in [3.05, 3.63) is 34.7 Å². The number of nitrogens with one attached hydrogen (secondary N) is 1. The summed E-state index contributed by atoms with van der Waals surface area (Å²) in [6.07, 6.45) is -0.320. The minimum absolute atomic E-state index is 0.0441. The third-order valence-electron chi connectivity index (χ3n) is 2.95. The van der Waals surface area contributed by atoms with Crippen LogP contribution in [-0.4, -0.2) is 36.5 Å². The molecule has 0 aliphatic rings. The number of thioether (sulfide) groups is 1. The van der Waals surface area contributed by atoms with Crippen LogP contribution in [-0.2, 0) is 14.3 Å². The predicted octanol–water partition coefficient (Wildman–Crippen LogP) is 0.868. The Bertz CT molecular complexity index is 765. The van der Waals surface area contributed by atoms with Crippen molar-refractivity contribution in [1.82, 2.24) is 5.27 Å². The van der Waals surface area contributed by atoms with Crippen LogP contribution in [0.5, 0.6) is 5.75 Å². The molecule has 0 radical (unpaired) electrons. The lowest BCUT2D eigenvalue weighted by Gasteiger charge is -2.00. The maximum Gasteiger partial charge on any atom is 0.442 e. The molecule has 24 heavy (non-hydrogen) atoms. The van der Waals surface area contributed by atoms with E-state index in [0.717, 1.165) is 11.8 Å². The molecule has 1 aromatic carbocycles. The SMILES string of the molecule is CCOC(=O)CC(=O)CSc1c(=O)o[nH][n+]1-c1ccc(OC)cc1. The van der Waals surface area contributed by atoms with Gasteiger partial charge in [0.25, 0.3) is 0 Å². The van der Waals surface area contributed by atoms with E-state index >= 15 is 0 Å². The molecule has 0 amide bonds. The predicted molar refractivity (Wildman–Crippen MR) is 84.4 cm³/mol. The molecule has 0 bridgehead atoms. The number of rotatable bonds is 8. The first-order valence-corrected chi connectivity index (χ1v) is 8.11. The molecule has 0 spiro atoms. The number of benzene rings is 1. The molecule has 2 rings (SSSR count). The zero-order valence-electron chi connectivity index (χ0n) is 13.2. The number of aromatic nitrogens is 2. The van der Waals surface area contributed by atoms with Crippen LogP contribution in [0.25, 0.3) is 5.69 Å². The van der Waals surface area contributed by atoms with E-state index in [4.69, 9.17) is 14.0 Å². The van der Waals surface area contributed by atoms with Crippen LogP contribution in [0, 0.1) is 0 Å². The summed E-state index contributed by atoms with van der Waals surface area (Å²) >= 11 is 0.990. The summed E-state index contributed by atoms with van der Waals surface area (Å²) in [5.41, 5.74) is 0.0433. The zero-order valence-corrected chi connectivity index (χ0v) is 14.1. The summed E-state index contributed by atoms with van der Waals surface area (Å²) in [7, 11) is 1.55. The number of ether oxygens (including phenoxy) is 2. The second-order valence-corrected chi connectivity index (χ2v) is 5.59. The number of hydrogen-bond donors (Lipinski definition) is 1. The van der Waals surface area contributed by atoms with Gasteiger partial charge < -0.3 is 9.47 Å². The van der Waals surface area contributed by atoms with Crippen molar-refractivity contribution in [1.29, 1.82) is 0 Å². The van der Waals surface area contributed by atoms with Crippen molar-refractivity contribution in [2.24, 2.45) is 0 Å². The number of carbonyl (C=O) groups excluding carboxylic acids is 2.